The van der Waals surface area contributed by atoms with Crippen LogP contribution in [-0.4, -0.2) is 49.8 Å². The van der Waals surface area contributed by atoms with Crippen molar-refractivity contribution in [1.82, 2.24) is 25.1 Å². The van der Waals surface area contributed by atoms with Crippen molar-refractivity contribution < 1.29 is 41.0 Å². The minimum Gasteiger partial charge on any atom is -0.508 e. The van der Waals surface area contributed by atoms with Crippen LogP contribution in [0.25, 0.3) is 11.3 Å². The summed E-state index contributed by atoms with van der Waals surface area (Å²) >= 11 is 0. The first-order valence-corrected chi connectivity index (χ1v) is 14.0. The lowest BCUT2D eigenvalue weighted by Crippen LogP contribution is -2.59. The van der Waals surface area contributed by atoms with Crippen molar-refractivity contribution in [2.45, 2.75) is 50.6 Å². The number of ether oxygens (including phenoxy) is 1. The third-order valence-electron chi connectivity index (χ3n) is 7.49. The molecule has 0 radical (unpaired) electrons. The molecule has 1 aliphatic rings. The third kappa shape index (κ3) is 6.77. The molecule has 15 heteroatoms. The molecule has 242 valence electrons. The van der Waals surface area contributed by atoms with Crippen molar-refractivity contribution in [2.24, 2.45) is 0 Å². The van der Waals surface area contributed by atoms with Crippen molar-refractivity contribution in [2.75, 3.05) is 6.61 Å². The highest BCUT2D eigenvalue weighted by molar-refractivity contribution is 6.23. The Kier molecular flexibility index (Phi) is 8.69. The molecule has 1 atom stereocenters. The molecule has 0 spiro atoms. The minimum absolute atomic E-state index is 0.00257. The van der Waals surface area contributed by atoms with E-state index in [9.17, 15) is 27.9 Å². The van der Waals surface area contributed by atoms with E-state index in [0.717, 1.165) is 22.4 Å². The highest BCUT2D eigenvalue weighted by Gasteiger charge is 2.60. The number of nitrogens with one attached hydrogen (secondary N) is 1. The fraction of sp³-hybridized carbons (Fsp3) is 0.290. The molecule has 5 rings (SSSR count). The molecule has 1 aliphatic heterocycles. The van der Waals surface area contributed by atoms with Gasteiger partial charge in [0.25, 0.3) is 5.91 Å². The second kappa shape index (κ2) is 12.4. The molecule has 0 aliphatic carbocycles. The van der Waals surface area contributed by atoms with Gasteiger partial charge in [-0.1, -0.05) is 54.1 Å². The molecule has 3 aromatic carbocycles. The van der Waals surface area contributed by atoms with Gasteiger partial charge in [0, 0.05) is 12.8 Å². The topological polar surface area (TPSA) is 111 Å². The predicted octanol–water partition coefficient (Wildman–Crippen LogP) is 5.57. The van der Waals surface area contributed by atoms with Crippen molar-refractivity contribution in [3.05, 3.63) is 106 Å². The second-order valence-electron chi connectivity index (χ2n) is 10.8. The Morgan fingerprint density at radius 3 is 2.17 bits per heavy atom. The van der Waals surface area contributed by atoms with Crippen LogP contribution in [0, 0.1) is 6.92 Å². The van der Waals surface area contributed by atoms with E-state index in [4.69, 9.17) is 4.74 Å². The largest absolute Gasteiger partial charge is 0.508 e. The predicted molar refractivity (Wildman–Crippen MR) is 153 cm³/mol. The number of tetrazole rings is 1. The average Bonchev–Trinajstić information content (AvgIpc) is 3.34. The first kappa shape index (κ1) is 32.3. The number of nitrogens with zero attached hydrogens (tertiary/aromatic N) is 4. The summed E-state index contributed by atoms with van der Waals surface area (Å²) < 4.78 is 89.3. The van der Waals surface area contributed by atoms with Gasteiger partial charge in [0.1, 0.15) is 17.2 Å². The highest BCUT2D eigenvalue weighted by Crippen LogP contribution is 2.49. The number of phenolic OH excluding ortho intramolecular Hbond substituents is 1. The van der Waals surface area contributed by atoms with Gasteiger partial charge >= 0.3 is 18.0 Å². The standard InChI is InChI=1S/C31H27F6N5O4/c1-19-3-7-21(8-4-19)25-17-29(31(35,36)37,22-9-13-24(14-10-22)46-16-2-15-30(32,33)34)38-27(44)26(25)42-28(45)41(39-40-42)18-20-5-11-23(43)12-6-20/h3-14,43H,2,15-18H2,1H3,(H,38,44)/t29-/m0/s1. The molecule has 1 aromatic heterocycles. The fourth-order valence-corrected chi connectivity index (χ4v) is 5.10. The SMILES string of the molecule is Cc1ccc(C2=C(n3nnn(Cc4ccc(O)cc4)c3=O)C(=O)N[C@@](c3ccc(OCCCC(F)(F)F)cc3)(C(F)(F)F)C2)cc1. The van der Waals surface area contributed by atoms with E-state index < -0.39 is 48.0 Å². The molecule has 4 aromatic rings. The number of benzene rings is 3. The van der Waals surface area contributed by atoms with E-state index in [-0.39, 0.29) is 47.8 Å². The molecule has 0 saturated carbocycles. The summed E-state index contributed by atoms with van der Waals surface area (Å²) in [5.74, 6) is -1.18. The maximum absolute atomic E-state index is 15.1. The average molecular weight is 648 g/mol. The van der Waals surface area contributed by atoms with Gasteiger partial charge in [-0.15, -0.1) is 0 Å². The van der Waals surface area contributed by atoms with Gasteiger partial charge in [0.05, 0.1) is 13.2 Å². The number of carbonyl (C=O) groups is 1. The van der Waals surface area contributed by atoms with Gasteiger partial charge < -0.3 is 15.2 Å². The van der Waals surface area contributed by atoms with Crippen molar-refractivity contribution in [3.63, 3.8) is 0 Å². The molecule has 2 N–H and O–H groups in total. The Labute approximate surface area is 257 Å². The lowest BCUT2D eigenvalue weighted by molar-refractivity contribution is -0.201. The molecule has 0 bridgehead atoms. The number of aromatic nitrogens is 4. The van der Waals surface area contributed by atoms with Gasteiger partial charge in [0.15, 0.2) is 5.54 Å². The second-order valence-corrected chi connectivity index (χ2v) is 10.8. The maximum atomic E-state index is 15.1. The molecule has 0 fully saturated rings. The van der Waals surface area contributed by atoms with E-state index in [0.29, 0.717) is 10.2 Å². The lowest BCUT2D eigenvalue weighted by atomic mass is 9.77. The van der Waals surface area contributed by atoms with Gasteiger partial charge in [0.2, 0.25) is 0 Å². The van der Waals surface area contributed by atoms with E-state index in [2.05, 4.69) is 15.7 Å². The third-order valence-corrected chi connectivity index (χ3v) is 7.49. The van der Waals surface area contributed by atoms with Crippen molar-refractivity contribution in [3.8, 4) is 11.5 Å². The molecule has 2 heterocycles. The zero-order valence-corrected chi connectivity index (χ0v) is 24.2. The summed E-state index contributed by atoms with van der Waals surface area (Å²) in [6.07, 6.45) is -11.6. The number of aryl methyl sites for hydroxylation is 1. The maximum Gasteiger partial charge on any atom is 0.416 e. The van der Waals surface area contributed by atoms with Crippen LogP contribution in [0.4, 0.5) is 26.3 Å². The normalized spacial score (nSPS) is 17.2. The van der Waals surface area contributed by atoms with Crippen molar-refractivity contribution in [1.29, 1.82) is 0 Å². The molecular formula is C31H27F6N5O4. The molecule has 0 unspecified atom stereocenters. The monoisotopic (exact) mass is 647 g/mol. The van der Waals surface area contributed by atoms with Gasteiger partial charge in [-0.25, -0.2) is 4.79 Å². The van der Waals surface area contributed by atoms with Crippen LogP contribution in [-0.2, 0) is 16.9 Å². The quantitative estimate of drug-likeness (QED) is 0.182. The van der Waals surface area contributed by atoms with Gasteiger partial charge in [-0.05, 0) is 70.3 Å². The number of hydrogen-bond donors (Lipinski definition) is 2. The van der Waals surface area contributed by atoms with Gasteiger partial charge in [-0.2, -0.15) is 35.7 Å². The highest BCUT2D eigenvalue weighted by atomic mass is 19.4. The number of carbonyl (C=O) groups excluding carboxylic acids is 1. The number of aromatic hydroxyl groups is 1. The number of phenols is 1. The fourth-order valence-electron chi connectivity index (χ4n) is 5.10. The molecule has 0 saturated heterocycles. The first-order chi connectivity index (χ1) is 21.7. The number of alkyl halides is 6. The van der Waals surface area contributed by atoms with E-state index in [1.54, 1.807) is 31.2 Å². The Balaban J connectivity index is 1.54. The van der Waals surface area contributed by atoms with Crippen LogP contribution in [0.5, 0.6) is 11.5 Å². The number of amides is 1. The molecule has 1 amide bonds. The Hall–Kier alpha value is -5.08. The summed E-state index contributed by atoms with van der Waals surface area (Å²) in [4.78, 5) is 27.1. The van der Waals surface area contributed by atoms with Crippen LogP contribution in [0.15, 0.2) is 77.6 Å². The van der Waals surface area contributed by atoms with Crippen LogP contribution < -0.4 is 15.7 Å². The smallest absolute Gasteiger partial charge is 0.416 e. The summed E-state index contributed by atoms with van der Waals surface area (Å²) in [5, 5.41) is 19.2. The van der Waals surface area contributed by atoms with E-state index in [1.165, 1.54) is 36.4 Å². The number of rotatable bonds is 9. The van der Waals surface area contributed by atoms with E-state index >= 15 is 13.2 Å². The summed E-state index contributed by atoms with van der Waals surface area (Å²) in [5.41, 5.74) is -3.13. The van der Waals surface area contributed by atoms with Gasteiger partial charge in [-0.3, -0.25) is 4.79 Å². The summed E-state index contributed by atoms with van der Waals surface area (Å²) in [7, 11) is 0. The Bertz CT molecular complexity index is 1790. The van der Waals surface area contributed by atoms with Crippen LogP contribution in [0.1, 0.15) is 41.5 Å². The molecule has 9 nitrogen and oxygen atoms in total. The Morgan fingerprint density at radius 1 is 0.913 bits per heavy atom. The zero-order chi connectivity index (χ0) is 33.3. The summed E-state index contributed by atoms with van der Waals surface area (Å²) in [6.45, 7) is 1.38. The molecular weight excluding hydrogens is 620 g/mol. The zero-order valence-electron chi connectivity index (χ0n) is 24.2. The lowest BCUT2D eigenvalue weighted by Gasteiger charge is -2.41. The summed E-state index contributed by atoms with van der Waals surface area (Å²) in [6, 6.07) is 16.8. The molecule has 46 heavy (non-hydrogen) atoms. The number of hydrogen-bond acceptors (Lipinski definition) is 6. The van der Waals surface area contributed by atoms with E-state index in [1.807, 2.05) is 0 Å². The van der Waals surface area contributed by atoms with Crippen LogP contribution in [0.3, 0.4) is 0 Å². The minimum atomic E-state index is -5.04. The van der Waals surface area contributed by atoms with Crippen LogP contribution in [0.2, 0.25) is 0 Å². The van der Waals surface area contributed by atoms with Crippen molar-refractivity contribution >= 4 is 17.2 Å². The Morgan fingerprint density at radius 2 is 1.57 bits per heavy atom. The number of halogens is 6. The van der Waals surface area contributed by atoms with Crippen LogP contribution >= 0.6 is 0 Å². The first-order valence-electron chi connectivity index (χ1n) is 14.0.